The number of methoxy groups -OCH3 is 2. The molecule has 0 spiro atoms. The highest BCUT2D eigenvalue weighted by Crippen LogP contribution is 2.45. The molecule has 1 aliphatic rings. The highest BCUT2D eigenvalue weighted by molar-refractivity contribution is 5.39. The highest BCUT2D eigenvalue weighted by atomic mass is 16.5. The van der Waals surface area contributed by atoms with Gasteiger partial charge in [0, 0.05) is 5.92 Å². The van der Waals surface area contributed by atoms with Gasteiger partial charge in [-0.1, -0.05) is 31.2 Å². The van der Waals surface area contributed by atoms with Gasteiger partial charge in [0.2, 0.25) is 11.8 Å². The fourth-order valence-corrected chi connectivity index (χ4v) is 3.11. The lowest BCUT2D eigenvalue weighted by atomic mass is 9.83. The zero-order chi connectivity index (χ0) is 15.7. The number of aryl methyl sites for hydroxylation is 1. The molecule has 116 valence electrons. The summed E-state index contributed by atoms with van der Waals surface area (Å²) in [6.07, 6.45) is 1.52. The van der Waals surface area contributed by atoms with Crippen LogP contribution < -0.4 is 9.47 Å². The number of fused-ring (bicyclic) bond motifs is 1. The van der Waals surface area contributed by atoms with E-state index < -0.39 is 5.60 Å². The molecule has 0 bridgehead atoms. The summed E-state index contributed by atoms with van der Waals surface area (Å²) in [7, 11) is 3.10. The molecule has 5 heteroatoms. The van der Waals surface area contributed by atoms with Crippen molar-refractivity contribution in [2.24, 2.45) is 0 Å². The molecule has 0 fully saturated rings. The summed E-state index contributed by atoms with van der Waals surface area (Å²) in [5.74, 6) is 1.13. The van der Waals surface area contributed by atoms with Crippen molar-refractivity contribution in [3.63, 3.8) is 0 Å². The van der Waals surface area contributed by atoms with Crippen LogP contribution in [0.4, 0.5) is 0 Å². The molecule has 3 rings (SSSR count). The van der Waals surface area contributed by atoms with Gasteiger partial charge >= 0.3 is 0 Å². The number of nitrogens with zero attached hydrogens (tertiary/aromatic N) is 2. The number of aliphatic hydroxyl groups is 1. The fraction of sp³-hybridized carbons (Fsp3) is 0.412. The maximum Gasteiger partial charge on any atom is 0.220 e. The van der Waals surface area contributed by atoms with Crippen molar-refractivity contribution in [2.45, 2.75) is 31.3 Å². The van der Waals surface area contributed by atoms with Crippen LogP contribution in [0, 0.1) is 0 Å². The van der Waals surface area contributed by atoms with E-state index in [0.717, 1.165) is 12.0 Å². The standard InChI is InChI=1S/C17H20N2O3/c1-11(16-18-14(21-2)10-15(19-16)22-3)17(20)9-8-12-6-4-5-7-13(12)17/h4-7,10-11,20H,8-9H2,1-3H3/t11-,17-/m1/s1. The molecule has 2 aromatic rings. The second-order valence-corrected chi connectivity index (χ2v) is 5.61. The Morgan fingerprint density at radius 2 is 1.77 bits per heavy atom. The Labute approximate surface area is 129 Å². The molecule has 5 nitrogen and oxygen atoms in total. The Morgan fingerprint density at radius 3 is 2.41 bits per heavy atom. The zero-order valence-electron chi connectivity index (χ0n) is 13.0. The molecule has 0 aliphatic heterocycles. The van der Waals surface area contributed by atoms with Gasteiger partial charge in [-0.25, -0.2) is 0 Å². The first-order valence-corrected chi connectivity index (χ1v) is 7.36. The van der Waals surface area contributed by atoms with Crippen LogP contribution in [0.5, 0.6) is 11.8 Å². The Balaban J connectivity index is 2.03. The molecule has 2 atom stereocenters. The minimum Gasteiger partial charge on any atom is -0.481 e. The van der Waals surface area contributed by atoms with Crippen LogP contribution in [-0.4, -0.2) is 29.3 Å². The van der Waals surface area contributed by atoms with Gasteiger partial charge in [0.1, 0.15) is 5.82 Å². The third kappa shape index (κ3) is 2.31. The van der Waals surface area contributed by atoms with Gasteiger partial charge in [-0.15, -0.1) is 0 Å². The first-order chi connectivity index (χ1) is 10.6. The van der Waals surface area contributed by atoms with Gasteiger partial charge in [0.05, 0.1) is 25.9 Å². The molecule has 1 aromatic carbocycles. The summed E-state index contributed by atoms with van der Waals surface area (Å²) in [6, 6.07) is 9.63. The van der Waals surface area contributed by atoms with E-state index in [-0.39, 0.29) is 5.92 Å². The quantitative estimate of drug-likeness (QED) is 0.939. The number of aromatic nitrogens is 2. The number of hydrogen-bond donors (Lipinski definition) is 1. The van der Waals surface area contributed by atoms with Crippen LogP contribution in [0.15, 0.2) is 30.3 Å². The lowest BCUT2D eigenvalue weighted by molar-refractivity contribution is 0.0116. The van der Waals surface area contributed by atoms with Gasteiger partial charge in [-0.05, 0) is 24.0 Å². The monoisotopic (exact) mass is 300 g/mol. The molecule has 0 amide bonds. The summed E-state index contributed by atoms with van der Waals surface area (Å²) < 4.78 is 10.4. The number of benzene rings is 1. The van der Waals surface area contributed by atoms with Crippen molar-refractivity contribution >= 4 is 0 Å². The lowest BCUT2D eigenvalue weighted by Gasteiger charge is -2.30. The van der Waals surface area contributed by atoms with E-state index in [9.17, 15) is 5.11 Å². The van der Waals surface area contributed by atoms with Crippen LogP contribution in [0.25, 0.3) is 0 Å². The molecule has 0 unspecified atom stereocenters. The van der Waals surface area contributed by atoms with E-state index >= 15 is 0 Å². The molecule has 1 N–H and O–H groups in total. The first kappa shape index (κ1) is 14.8. The van der Waals surface area contributed by atoms with Crippen LogP contribution in [0.2, 0.25) is 0 Å². The molecule has 0 radical (unpaired) electrons. The van der Waals surface area contributed by atoms with Crippen molar-refractivity contribution < 1.29 is 14.6 Å². The van der Waals surface area contributed by atoms with Gasteiger partial charge in [0.15, 0.2) is 0 Å². The van der Waals surface area contributed by atoms with Crippen LogP contribution in [0.1, 0.15) is 36.2 Å². The second kappa shape index (κ2) is 5.57. The molecule has 0 saturated heterocycles. The Kier molecular flexibility index (Phi) is 3.74. The zero-order valence-corrected chi connectivity index (χ0v) is 13.0. The predicted octanol–water partition coefficient (Wildman–Crippen LogP) is 2.43. The van der Waals surface area contributed by atoms with E-state index in [2.05, 4.69) is 16.0 Å². The Hall–Kier alpha value is -2.14. The van der Waals surface area contributed by atoms with Crippen LogP contribution >= 0.6 is 0 Å². The van der Waals surface area contributed by atoms with Crippen molar-refractivity contribution in [2.75, 3.05) is 14.2 Å². The van der Waals surface area contributed by atoms with E-state index in [4.69, 9.17) is 9.47 Å². The van der Waals surface area contributed by atoms with Crippen LogP contribution in [-0.2, 0) is 12.0 Å². The first-order valence-electron chi connectivity index (χ1n) is 7.36. The average molecular weight is 300 g/mol. The van der Waals surface area contributed by atoms with Crippen molar-refractivity contribution in [1.82, 2.24) is 9.97 Å². The molecular weight excluding hydrogens is 280 g/mol. The third-order valence-corrected chi connectivity index (χ3v) is 4.48. The van der Waals surface area contributed by atoms with Gasteiger partial charge in [0.25, 0.3) is 0 Å². The molecule has 1 heterocycles. The fourth-order valence-electron chi connectivity index (χ4n) is 3.11. The average Bonchev–Trinajstić information content (AvgIpc) is 2.92. The Bertz CT molecular complexity index is 667. The largest absolute Gasteiger partial charge is 0.481 e. The number of ether oxygens (including phenoxy) is 2. The minimum absolute atomic E-state index is 0.264. The lowest BCUT2D eigenvalue weighted by Crippen LogP contribution is -2.30. The maximum absolute atomic E-state index is 11.2. The highest BCUT2D eigenvalue weighted by Gasteiger charge is 2.43. The summed E-state index contributed by atoms with van der Waals surface area (Å²) >= 11 is 0. The van der Waals surface area contributed by atoms with E-state index in [1.807, 2.05) is 25.1 Å². The van der Waals surface area contributed by atoms with E-state index in [1.54, 1.807) is 20.3 Å². The van der Waals surface area contributed by atoms with Crippen LogP contribution in [0.3, 0.4) is 0 Å². The Morgan fingerprint density at radius 1 is 1.14 bits per heavy atom. The number of rotatable bonds is 4. The normalized spacial score (nSPS) is 21.3. The van der Waals surface area contributed by atoms with Gasteiger partial charge < -0.3 is 14.6 Å². The third-order valence-electron chi connectivity index (χ3n) is 4.48. The van der Waals surface area contributed by atoms with Crippen molar-refractivity contribution in [1.29, 1.82) is 0 Å². The summed E-state index contributed by atoms with van der Waals surface area (Å²) in [4.78, 5) is 8.78. The summed E-state index contributed by atoms with van der Waals surface area (Å²) in [6.45, 7) is 1.94. The molecule has 1 aromatic heterocycles. The summed E-state index contributed by atoms with van der Waals surface area (Å²) in [5.41, 5.74) is 1.19. The molecular formula is C17H20N2O3. The topological polar surface area (TPSA) is 64.5 Å². The smallest absolute Gasteiger partial charge is 0.220 e. The SMILES string of the molecule is COc1cc(OC)nc([C@@H](C)[C@]2(O)CCc3ccccc32)n1. The molecule has 1 aliphatic carbocycles. The van der Waals surface area contributed by atoms with Gasteiger partial charge in [-0.3, -0.25) is 0 Å². The van der Waals surface area contributed by atoms with Gasteiger partial charge in [-0.2, -0.15) is 9.97 Å². The second-order valence-electron chi connectivity index (χ2n) is 5.61. The van der Waals surface area contributed by atoms with E-state index in [0.29, 0.717) is 24.0 Å². The van der Waals surface area contributed by atoms with Crippen molar-refractivity contribution in [3.05, 3.63) is 47.3 Å². The number of hydrogen-bond acceptors (Lipinski definition) is 5. The maximum atomic E-state index is 11.2. The molecule has 0 saturated carbocycles. The predicted molar refractivity (Wildman–Crippen MR) is 82.2 cm³/mol. The van der Waals surface area contributed by atoms with Crippen molar-refractivity contribution in [3.8, 4) is 11.8 Å². The molecule has 22 heavy (non-hydrogen) atoms. The summed E-state index contributed by atoms with van der Waals surface area (Å²) in [5, 5.41) is 11.2. The van der Waals surface area contributed by atoms with E-state index in [1.165, 1.54) is 5.56 Å². The minimum atomic E-state index is -0.964.